The SMILES string of the molecule is COc1cccc2c1OC[C@H](NC(=O)N1CCSCC1)C2. The molecule has 1 aromatic carbocycles. The van der Waals surface area contributed by atoms with Gasteiger partial charge in [0.1, 0.15) is 6.61 Å². The number of hydrogen-bond donors (Lipinski definition) is 1. The van der Waals surface area contributed by atoms with Crippen molar-refractivity contribution in [2.45, 2.75) is 12.5 Å². The van der Waals surface area contributed by atoms with Gasteiger partial charge < -0.3 is 19.7 Å². The van der Waals surface area contributed by atoms with Crippen LogP contribution in [-0.2, 0) is 6.42 Å². The molecule has 6 heteroatoms. The highest BCUT2D eigenvalue weighted by Crippen LogP contribution is 2.34. The molecule has 2 heterocycles. The van der Waals surface area contributed by atoms with Crippen molar-refractivity contribution in [1.82, 2.24) is 10.2 Å². The normalized spacial score (nSPS) is 21.2. The number of para-hydroxylation sites is 1. The summed E-state index contributed by atoms with van der Waals surface area (Å²) in [4.78, 5) is 14.1. The molecular formula is C15H20N2O3S. The fourth-order valence-electron chi connectivity index (χ4n) is 2.68. The average molecular weight is 308 g/mol. The highest BCUT2D eigenvalue weighted by molar-refractivity contribution is 7.99. The zero-order valence-corrected chi connectivity index (χ0v) is 12.9. The van der Waals surface area contributed by atoms with Gasteiger partial charge in [0.05, 0.1) is 13.2 Å². The van der Waals surface area contributed by atoms with E-state index in [-0.39, 0.29) is 12.1 Å². The van der Waals surface area contributed by atoms with E-state index in [1.165, 1.54) is 0 Å². The first kappa shape index (κ1) is 14.4. The summed E-state index contributed by atoms with van der Waals surface area (Å²) in [5, 5.41) is 3.08. The van der Waals surface area contributed by atoms with Crippen LogP contribution in [0.5, 0.6) is 11.5 Å². The first-order valence-electron chi connectivity index (χ1n) is 7.20. The van der Waals surface area contributed by atoms with Gasteiger partial charge >= 0.3 is 6.03 Å². The maximum Gasteiger partial charge on any atom is 0.317 e. The quantitative estimate of drug-likeness (QED) is 0.904. The van der Waals surface area contributed by atoms with E-state index in [0.717, 1.165) is 48.1 Å². The van der Waals surface area contributed by atoms with Crippen LogP contribution in [0.4, 0.5) is 4.79 Å². The molecule has 3 rings (SSSR count). The van der Waals surface area contributed by atoms with Crippen LogP contribution in [0.15, 0.2) is 18.2 Å². The number of nitrogens with one attached hydrogen (secondary N) is 1. The molecule has 2 aliphatic heterocycles. The van der Waals surface area contributed by atoms with E-state index in [9.17, 15) is 4.79 Å². The number of carbonyl (C=O) groups is 1. The fourth-order valence-corrected chi connectivity index (χ4v) is 3.58. The standard InChI is InChI=1S/C15H20N2O3S/c1-19-13-4-2-3-11-9-12(10-20-14(11)13)16-15(18)17-5-7-21-8-6-17/h2-4,12H,5-10H2,1H3,(H,16,18)/t12-/m1/s1. The van der Waals surface area contributed by atoms with Crippen molar-refractivity contribution >= 4 is 17.8 Å². The molecular weight excluding hydrogens is 288 g/mol. The van der Waals surface area contributed by atoms with Crippen LogP contribution < -0.4 is 14.8 Å². The predicted octanol–water partition coefficient (Wildman–Crippen LogP) is 1.76. The summed E-state index contributed by atoms with van der Waals surface area (Å²) in [5.74, 6) is 3.61. The molecule has 1 aromatic rings. The zero-order valence-electron chi connectivity index (χ0n) is 12.1. The summed E-state index contributed by atoms with van der Waals surface area (Å²) in [6.07, 6.45) is 0.779. The Morgan fingerprint density at radius 1 is 1.43 bits per heavy atom. The lowest BCUT2D eigenvalue weighted by molar-refractivity contribution is 0.183. The Hall–Kier alpha value is -1.56. The van der Waals surface area contributed by atoms with Crippen molar-refractivity contribution in [2.24, 2.45) is 0 Å². The van der Waals surface area contributed by atoms with Crippen LogP contribution in [0, 0.1) is 0 Å². The van der Waals surface area contributed by atoms with Gasteiger partial charge in [-0.05, 0) is 12.5 Å². The second-order valence-corrected chi connectivity index (χ2v) is 6.43. The Kier molecular flexibility index (Phi) is 4.43. The van der Waals surface area contributed by atoms with Crippen LogP contribution in [0.2, 0.25) is 0 Å². The molecule has 1 N–H and O–H groups in total. The van der Waals surface area contributed by atoms with E-state index >= 15 is 0 Å². The molecule has 0 unspecified atom stereocenters. The average Bonchev–Trinajstić information content (AvgIpc) is 2.54. The van der Waals surface area contributed by atoms with Gasteiger partial charge in [0.25, 0.3) is 0 Å². The summed E-state index contributed by atoms with van der Waals surface area (Å²) in [5.41, 5.74) is 1.08. The third-order valence-corrected chi connectivity index (χ3v) is 4.74. The summed E-state index contributed by atoms with van der Waals surface area (Å²) in [6.45, 7) is 2.14. The maximum atomic E-state index is 12.2. The maximum absolute atomic E-state index is 12.2. The van der Waals surface area contributed by atoms with E-state index in [4.69, 9.17) is 9.47 Å². The number of thioether (sulfide) groups is 1. The smallest absolute Gasteiger partial charge is 0.317 e. The van der Waals surface area contributed by atoms with Crippen molar-refractivity contribution < 1.29 is 14.3 Å². The van der Waals surface area contributed by atoms with Gasteiger partial charge in [-0.1, -0.05) is 12.1 Å². The highest BCUT2D eigenvalue weighted by atomic mass is 32.2. The van der Waals surface area contributed by atoms with E-state index < -0.39 is 0 Å². The first-order chi connectivity index (χ1) is 10.3. The van der Waals surface area contributed by atoms with Gasteiger partial charge in [0.2, 0.25) is 0 Å². The molecule has 1 atom stereocenters. The Bertz CT molecular complexity index is 518. The molecule has 5 nitrogen and oxygen atoms in total. The molecule has 0 bridgehead atoms. The van der Waals surface area contributed by atoms with Crippen molar-refractivity contribution in [1.29, 1.82) is 0 Å². The topological polar surface area (TPSA) is 50.8 Å². The number of methoxy groups -OCH3 is 1. The molecule has 0 saturated carbocycles. The Morgan fingerprint density at radius 3 is 3.00 bits per heavy atom. The van der Waals surface area contributed by atoms with E-state index in [1.807, 2.05) is 34.9 Å². The van der Waals surface area contributed by atoms with Crippen LogP contribution in [-0.4, -0.2) is 55.3 Å². The molecule has 114 valence electrons. The first-order valence-corrected chi connectivity index (χ1v) is 8.35. The fraction of sp³-hybridized carbons (Fsp3) is 0.533. The molecule has 2 amide bonds. The Balaban J connectivity index is 1.62. The van der Waals surface area contributed by atoms with Gasteiger partial charge in [-0.15, -0.1) is 0 Å². The number of urea groups is 1. The van der Waals surface area contributed by atoms with Crippen LogP contribution in [0.25, 0.3) is 0 Å². The molecule has 21 heavy (non-hydrogen) atoms. The summed E-state index contributed by atoms with van der Waals surface area (Å²) in [6, 6.07) is 5.91. The van der Waals surface area contributed by atoms with Gasteiger partial charge in [-0.25, -0.2) is 4.79 Å². The van der Waals surface area contributed by atoms with Gasteiger partial charge in [-0.2, -0.15) is 11.8 Å². The minimum absolute atomic E-state index is 0.0201. The second kappa shape index (κ2) is 6.47. The molecule has 0 aliphatic carbocycles. The number of ether oxygens (including phenoxy) is 2. The second-order valence-electron chi connectivity index (χ2n) is 5.21. The summed E-state index contributed by atoms with van der Waals surface area (Å²) in [7, 11) is 1.64. The predicted molar refractivity (Wildman–Crippen MR) is 83.4 cm³/mol. The lowest BCUT2D eigenvalue weighted by Gasteiger charge is -2.31. The van der Waals surface area contributed by atoms with E-state index in [2.05, 4.69) is 5.32 Å². The Labute approximate surface area is 129 Å². The zero-order chi connectivity index (χ0) is 14.7. The number of benzene rings is 1. The van der Waals surface area contributed by atoms with Crippen LogP contribution >= 0.6 is 11.8 Å². The minimum atomic E-state index is 0.0201. The van der Waals surface area contributed by atoms with E-state index in [1.54, 1.807) is 7.11 Å². The number of rotatable bonds is 2. The lowest BCUT2D eigenvalue weighted by atomic mass is 10.0. The summed E-state index contributed by atoms with van der Waals surface area (Å²) >= 11 is 1.90. The van der Waals surface area contributed by atoms with Crippen molar-refractivity contribution in [3.8, 4) is 11.5 Å². The molecule has 1 saturated heterocycles. The van der Waals surface area contributed by atoms with Gasteiger partial charge in [-0.3, -0.25) is 0 Å². The summed E-state index contributed by atoms with van der Waals surface area (Å²) < 4.78 is 11.1. The Morgan fingerprint density at radius 2 is 2.24 bits per heavy atom. The third-order valence-electron chi connectivity index (χ3n) is 3.80. The number of carbonyl (C=O) groups excluding carboxylic acids is 1. The molecule has 0 spiro atoms. The van der Waals surface area contributed by atoms with Gasteiger partial charge in [0, 0.05) is 30.2 Å². The monoisotopic (exact) mass is 308 g/mol. The van der Waals surface area contributed by atoms with Crippen molar-refractivity contribution in [3.05, 3.63) is 23.8 Å². The lowest BCUT2D eigenvalue weighted by Crippen LogP contribution is -2.51. The largest absolute Gasteiger partial charge is 0.493 e. The number of fused-ring (bicyclic) bond motifs is 1. The molecule has 0 radical (unpaired) electrons. The van der Waals surface area contributed by atoms with Gasteiger partial charge in [0.15, 0.2) is 11.5 Å². The third kappa shape index (κ3) is 3.20. The molecule has 0 aromatic heterocycles. The van der Waals surface area contributed by atoms with Crippen molar-refractivity contribution in [2.75, 3.05) is 38.3 Å². The minimum Gasteiger partial charge on any atom is -0.493 e. The highest BCUT2D eigenvalue weighted by Gasteiger charge is 2.26. The number of amides is 2. The van der Waals surface area contributed by atoms with E-state index in [0.29, 0.717) is 6.61 Å². The van der Waals surface area contributed by atoms with Crippen LogP contribution in [0.3, 0.4) is 0 Å². The molecule has 1 fully saturated rings. The number of nitrogens with zero attached hydrogens (tertiary/aromatic N) is 1. The van der Waals surface area contributed by atoms with Crippen molar-refractivity contribution in [3.63, 3.8) is 0 Å². The van der Waals surface area contributed by atoms with Crippen LogP contribution in [0.1, 0.15) is 5.56 Å². The number of hydrogen-bond acceptors (Lipinski definition) is 4. The molecule has 2 aliphatic rings.